The highest BCUT2D eigenvalue weighted by Crippen LogP contribution is 2.65. The highest BCUT2D eigenvalue weighted by atomic mass is 16.6. The molecular formula is C44H64N2O14. The lowest BCUT2D eigenvalue weighted by atomic mass is 9.42. The zero-order valence-electron chi connectivity index (χ0n) is 36.5. The number of alkyl carbamates (subject to hydrolysis) is 1. The minimum atomic E-state index is -2.31. The van der Waals surface area contributed by atoms with E-state index in [1.165, 1.54) is 19.1 Å². The summed E-state index contributed by atoms with van der Waals surface area (Å²) >= 11 is 0. The Morgan fingerprint density at radius 1 is 1.07 bits per heavy atom. The number of carbonyl (C=O) groups excluding carboxylic acids is 5. The third-order valence-electron chi connectivity index (χ3n) is 14.0. The lowest BCUT2D eigenvalue weighted by Crippen LogP contribution is -2.83. The summed E-state index contributed by atoms with van der Waals surface area (Å²) < 4.78 is 29.8. The molecule has 1 aromatic carbocycles. The number of hydrogen-bond acceptors (Lipinski definition) is 15. The molecule has 1 saturated heterocycles. The van der Waals surface area contributed by atoms with Crippen molar-refractivity contribution in [2.24, 2.45) is 39.7 Å². The number of rotatable bonds is 13. The number of unbranched alkanes of at least 4 members (excludes halogenated alkanes) is 2. The van der Waals surface area contributed by atoms with Crippen molar-refractivity contribution in [3.05, 3.63) is 40.8 Å². The Kier molecular flexibility index (Phi) is 13.7. The average Bonchev–Trinajstić information content (AvgIpc) is 3.16. The number of amides is 1. The Hall–Kier alpha value is -3.99. The Bertz CT molecular complexity index is 1780. The third-order valence-corrected chi connectivity index (χ3v) is 14.0. The minimum absolute atomic E-state index is 0.0872. The maximum atomic E-state index is 15.2. The van der Waals surface area contributed by atoms with Gasteiger partial charge >= 0.3 is 24.0 Å². The van der Waals surface area contributed by atoms with Crippen LogP contribution < -0.4 is 5.32 Å². The Balaban J connectivity index is 1.64. The van der Waals surface area contributed by atoms with Gasteiger partial charge in [0, 0.05) is 31.1 Å². The fourth-order valence-electron chi connectivity index (χ4n) is 10.7. The maximum absolute atomic E-state index is 15.2. The van der Waals surface area contributed by atoms with E-state index in [1.807, 2.05) is 6.92 Å². The van der Waals surface area contributed by atoms with Crippen molar-refractivity contribution < 1.29 is 63.0 Å². The number of carbonyl (C=O) groups is 5. The summed E-state index contributed by atoms with van der Waals surface area (Å²) in [6.07, 6.45) is -6.02. The van der Waals surface area contributed by atoms with E-state index in [0.717, 1.165) is 26.2 Å². The maximum Gasteiger partial charge on any atom is 0.407 e. The summed E-state index contributed by atoms with van der Waals surface area (Å²) in [5.41, 5.74) is -8.39. The molecule has 0 spiro atoms. The average molecular weight is 845 g/mol. The number of hydrogen-bond donors (Lipinski definition) is 4. The number of benzene rings is 1. The SMILES string of the molecule is CCCCCC(C)[C@H](NC(=O)OC(C)(C)C)[C@@H](O)C(=O)O[C@H]1C[C@@]2(O)[C@@H](OC(=O)c3ccccc3)[C@@H]3[C@]4(OC(C)=O)CO[C@@H]4C[C@H](O)[C@@]3(C)C(=O)[C@H](N=O)C([C@H]1C)C2(C)C. The van der Waals surface area contributed by atoms with Crippen LogP contribution in [0.15, 0.2) is 35.5 Å². The molecule has 2 bridgehead atoms. The lowest BCUT2D eigenvalue weighted by Gasteiger charge is -2.68. The van der Waals surface area contributed by atoms with E-state index >= 15 is 4.79 Å². The molecule has 60 heavy (non-hydrogen) atoms. The van der Waals surface area contributed by atoms with Crippen LogP contribution in [0.4, 0.5) is 4.79 Å². The first-order valence-electron chi connectivity index (χ1n) is 21.1. The van der Waals surface area contributed by atoms with Crippen LogP contribution >= 0.6 is 0 Å². The number of nitroso groups, excluding NO2 is 1. The van der Waals surface area contributed by atoms with E-state index in [9.17, 15) is 39.4 Å². The molecule has 4 aliphatic rings. The van der Waals surface area contributed by atoms with Gasteiger partial charge < -0.3 is 44.3 Å². The van der Waals surface area contributed by atoms with Gasteiger partial charge in [0.15, 0.2) is 23.5 Å². The van der Waals surface area contributed by atoms with Crippen molar-refractivity contribution in [1.82, 2.24) is 5.32 Å². The predicted octanol–water partition coefficient (Wildman–Crippen LogP) is 4.81. The standard InChI is InChI=1S/C44H64N2O14/c1-11-12-14-17-23(2)31(45-39(53)60-40(5,6)7)33(49)38(52)57-27-21-44(54)36(58-37(51)26-18-15-13-16-19-26)34-42(10,28(48)20-29-43(34,22-56-29)59-25(4)47)35(50)32(46-55)30(24(27)3)41(44,8)9/h13,15-16,18-19,23-24,27-34,36,48-49,54H,11-12,14,17,20-22H2,1-10H3,(H,45,53)/t23?,24-,27-,28-,29+,30?,31-,32+,33+,34-,36-,42+,43-,44+/m0/s1. The van der Waals surface area contributed by atoms with Crippen LogP contribution in [0, 0.1) is 39.4 Å². The zero-order chi connectivity index (χ0) is 44.7. The molecule has 1 aliphatic heterocycles. The van der Waals surface area contributed by atoms with Crippen LogP contribution in [0.1, 0.15) is 118 Å². The van der Waals surface area contributed by atoms with Gasteiger partial charge in [0.1, 0.15) is 29.5 Å². The normalized spacial score (nSPS) is 35.9. The number of ketones is 1. The summed E-state index contributed by atoms with van der Waals surface area (Å²) in [4.78, 5) is 82.7. The van der Waals surface area contributed by atoms with Crippen molar-refractivity contribution in [3.8, 4) is 0 Å². The molecule has 334 valence electrons. The summed E-state index contributed by atoms with van der Waals surface area (Å²) in [6.45, 7) is 15.9. The molecule has 3 saturated carbocycles. The first kappa shape index (κ1) is 47.1. The molecule has 1 heterocycles. The summed E-state index contributed by atoms with van der Waals surface area (Å²) in [6, 6.07) is 4.97. The second kappa shape index (κ2) is 17.4. The van der Waals surface area contributed by atoms with Crippen LogP contribution in [-0.2, 0) is 38.1 Å². The Morgan fingerprint density at radius 3 is 2.27 bits per heavy atom. The predicted molar refractivity (Wildman–Crippen MR) is 215 cm³/mol. The molecular weight excluding hydrogens is 780 g/mol. The third kappa shape index (κ3) is 8.33. The van der Waals surface area contributed by atoms with Gasteiger partial charge in [-0.3, -0.25) is 9.59 Å². The minimum Gasteiger partial charge on any atom is -0.460 e. The summed E-state index contributed by atoms with van der Waals surface area (Å²) in [5.74, 6) is -7.74. The fraction of sp³-hybridized carbons (Fsp3) is 0.750. The first-order chi connectivity index (χ1) is 27.9. The van der Waals surface area contributed by atoms with Crippen LogP contribution in [0.3, 0.4) is 0 Å². The number of fused-ring (bicyclic) bond motifs is 5. The number of Topliss-reactive ketones (excluding diaryl/α,β-unsaturated/α-hetero) is 1. The van der Waals surface area contributed by atoms with E-state index in [1.54, 1.807) is 66.7 Å². The van der Waals surface area contributed by atoms with Gasteiger partial charge in [-0.2, -0.15) is 4.91 Å². The van der Waals surface area contributed by atoms with Crippen molar-refractivity contribution in [3.63, 3.8) is 0 Å². The second-order valence-corrected chi connectivity index (χ2v) is 19.3. The molecule has 4 fully saturated rings. The van der Waals surface area contributed by atoms with Gasteiger partial charge in [-0.25, -0.2) is 14.4 Å². The molecule has 14 atom stereocenters. The van der Waals surface area contributed by atoms with Crippen LogP contribution in [0.25, 0.3) is 0 Å². The van der Waals surface area contributed by atoms with Crippen molar-refractivity contribution in [1.29, 1.82) is 0 Å². The van der Waals surface area contributed by atoms with Gasteiger partial charge in [-0.15, -0.1) is 0 Å². The molecule has 1 aromatic rings. The molecule has 16 nitrogen and oxygen atoms in total. The number of aliphatic hydroxyl groups is 3. The fourth-order valence-corrected chi connectivity index (χ4v) is 10.7. The van der Waals surface area contributed by atoms with Crippen LogP contribution in [0.5, 0.6) is 0 Å². The molecule has 3 aliphatic carbocycles. The van der Waals surface area contributed by atoms with Crippen molar-refractivity contribution in [2.75, 3.05) is 6.61 Å². The van der Waals surface area contributed by atoms with Gasteiger partial charge in [0.25, 0.3) is 0 Å². The van der Waals surface area contributed by atoms with Gasteiger partial charge in [-0.1, -0.05) is 77.3 Å². The molecule has 2 unspecified atom stereocenters. The molecule has 5 rings (SSSR count). The Morgan fingerprint density at radius 2 is 1.72 bits per heavy atom. The quantitative estimate of drug-likeness (QED) is 0.0903. The van der Waals surface area contributed by atoms with E-state index in [0.29, 0.717) is 6.42 Å². The van der Waals surface area contributed by atoms with Gasteiger partial charge in [0.2, 0.25) is 0 Å². The van der Waals surface area contributed by atoms with E-state index in [-0.39, 0.29) is 18.6 Å². The summed E-state index contributed by atoms with van der Waals surface area (Å²) in [7, 11) is 0. The van der Waals surface area contributed by atoms with Gasteiger partial charge in [-0.05, 0) is 58.1 Å². The van der Waals surface area contributed by atoms with E-state index in [2.05, 4.69) is 10.5 Å². The molecule has 0 aromatic heterocycles. The smallest absolute Gasteiger partial charge is 0.407 e. The highest BCUT2D eigenvalue weighted by Gasteiger charge is 2.79. The Labute approximate surface area is 351 Å². The number of ether oxygens (including phenoxy) is 5. The van der Waals surface area contributed by atoms with Crippen molar-refractivity contribution >= 4 is 29.8 Å². The molecule has 0 radical (unpaired) electrons. The molecule has 4 N–H and O–H groups in total. The van der Waals surface area contributed by atoms with Gasteiger partial charge in [0.05, 0.1) is 35.6 Å². The molecule has 1 amide bonds. The summed E-state index contributed by atoms with van der Waals surface area (Å²) in [5, 5.41) is 43.2. The lowest BCUT2D eigenvalue weighted by molar-refractivity contribution is -0.353. The number of esters is 3. The first-order valence-corrected chi connectivity index (χ1v) is 21.1. The van der Waals surface area contributed by atoms with Crippen LogP contribution in [-0.4, -0.2) is 111 Å². The zero-order valence-corrected chi connectivity index (χ0v) is 36.5. The topological polar surface area (TPSA) is 234 Å². The highest BCUT2D eigenvalue weighted by molar-refractivity contribution is 5.93. The van der Waals surface area contributed by atoms with Crippen molar-refractivity contribution in [2.45, 2.75) is 167 Å². The number of nitrogens with zero attached hydrogens (tertiary/aromatic N) is 1. The van der Waals surface area contributed by atoms with E-state index < -0.39 is 130 Å². The van der Waals surface area contributed by atoms with Crippen LogP contribution in [0.2, 0.25) is 0 Å². The number of aliphatic hydroxyl groups excluding tert-OH is 2. The van der Waals surface area contributed by atoms with E-state index in [4.69, 9.17) is 23.7 Å². The monoisotopic (exact) mass is 844 g/mol. The second-order valence-electron chi connectivity index (χ2n) is 19.3. The molecule has 16 heteroatoms. The largest absolute Gasteiger partial charge is 0.460 e. The number of nitrogens with one attached hydrogen (secondary N) is 1.